The quantitative estimate of drug-likeness (QED) is 0.808. The van der Waals surface area contributed by atoms with E-state index in [0.29, 0.717) is 12.1 Å². The molecule has 4 rings (SSSR count). The number of aryl methyl sites for hydroxylation is 1. The highest BCUT2D eigenvalue weighted by Crippen LogP contribution is 2.35. The molecule has 2 fully saturated rings. The average Bonchev–Trinajstić information content (AvgIpc) is 3.21. The van der Waals surface area contributed by atoms with Gasteiger partial charge in [0, 0.05) is 37.4 Å². The fourth-order valence-corrected chi connectivity index (χ4v) is 4.46. The first-order valence-corrected chi connectivity index (χ1v) is 10.6. The number of piperazine rings is 1. The van der Waals surface area contributed by atoms with Crippen molar-refractivity contribution >= 4 is 5.69 Å². The van der Waals surface area contributed by atoms with Crippen LogP contribution in [-0.4, -0.2) is 38.9 Å². The van der Waals surface area contributed by atoms with Crippen LogP contribution in [0.2, 0.25) is 0 Å². The van der Waals surface area contributed by atoms with Crippen molar-refractivity contribution in [1.29, 1.82) is 0 Å². The van der Waals surface area contributed by atoms with Gasteiger partial charge in [-0.05, 0) is 56.7 Å². The van der Waals surface area contributed by atoms with Gasteiger partial charge in [0.15, 0.2) is 11.5 Å². The molecule has 28 heavy (non-hydrogen) atoms. The maximum atomic E-state index is 6.30. The van der Waals surface area contributed by atoms with E-state index in [0.717, 1.165) is 50.4 Å². The van der Waals surface area contributed by atoms with E-state index in [1.165, 1.54) is 29.7 Å². The van der Waals surface area contributed by atoms with E-state index < -0.39 is 0 Å². The van der Waals surface area contributed by atoms with Gasteiger partial charge in [-0.3, -0.25) is 0 Å². The Labute approximate surface area is 168 Å². The minimum absolute atomic E-state index is 0.334. The fraction of sp³-hybridized carbons (Fsp3) is 0.500. The van der Waals surface area contributed by atoms with Crippen molar-refractivity contribution in [2.45, 2.75) is 51.2 Å². The zero-order valence-corrected chi connectivity index (χ0v) is 17.1. The van der Waals surface area contributed by atoms with Crippen LogP contribution in [0.3, 0.4) is 0 Å². The van der Waals surface area contributed by atoms with Crippen LogP contribution >= 0.6 is 0 Å². The van der Waals surface area contributed by atoms with E-state index in [1.807, 2.05) is 0 Å². The lowest BCUT2D eigenvalue weighted by molar-refractivity contribution is 0.201. The number of benzene rings is 2. The molecule has 0 spiro atoms. The molecule has 1 aliphatic heterocycles. The van der Waals surface area contributed by atoms with Crippen molar-refractivity contribution in [2.24, 2.45) is 0 Å². The van der Waals surface area contributed by atoms with Crippen LogP contribution in [0, 0.1) is 6.92 Å². The second-order valence-corrected chi connectivity index (χ2v) is 8.15. The lowest BCUT2D eigenvalue weighted by atomic mass is 10.0. The minimum atomic E-state index is 0.334. The molecule has 2 aromatic carbocycles. The molecule has 2 aromatic rings. The Morgan fingerprint density at radius 3 is 2.71 bits per heavy atom. The van der Waals surface area contributed by atoms with Gasteiger partial charge in [0.2, 0.25) is 0 Å². The molecule has 2 aliphatic rings. The summed E-state index contributed by atoms with van der Waals surface area (Å²) in [5.41, 5.74) is 3.96. The first-order valence-electron chi connectivity index (χ1n) is 10.6. The van der Waals surface area contributed by atoms with Gasteiger partial charge in [-0.2, -0.15) is 0 Å². The highest BCUT2D eigenvalue weighted by atomic mass is 16.5. The number of hydrogen-bond acceptors (Lipinski definition) is 4. The maximum absolute atomic E-state index is 6.30. The summed E-state index contributed by atoms with van der Waals surface area (Å²) < 4.78 is 11.9. The first kappa shape index (κ1) is 19.1. The van der Waals surface area contributed by atoms with Crippen molar-refractivity contribution in [2.75, 3.05) is 31.6 Å². The zero-order chi connectivity index (χ0) is 19.3. The lowest BCUT2D eigenvalue weighted by Gasteiger charge is -2.36. The number of ether oxygens (including phenoxy) is 2. The molecular weight excluding hydrogens is 348 g/mol. The second-order valence-electron chi connectivity index (χ2n) is 8.15. The standard InChI is InChI=1S/C24H32N2O2/c1-18-6-5-7-19(14-18)15-20-17-26(13-12-25-20)21-10-11-23(27-2)24(16-21)28-22-8-3-4-9-22/h5-7,10-11,14,16,20,22,25H,3-4,8-9,12-13,15,17H2,1-2H3/t20-/m0/s1. The molecule has 1 N–H and O–H groups in total. The van der Waals surface area contributed by atoms with Crippen LogP contribution in [0.4, 0.5) is 5.69 Å². The van der Waals surface area contributed by atoms with Crippen LogP contribution in [0.5, 0.6) is 11.5 Å². The van der Waals surface area contributed by atoms with Crippen molar-refractivity contribution in [3.05, 3.63) is 53.6 Å². The molecule has 0 aromatic heterocycles. The predicted octanol–water partition coefficient (Wildman–Crippen LogP) is 4.35. The van der Waals surface area contributed by atoms with Gasteiger partial charge in [-0.1, -0.05) is 29.8 Å². The largest absolute Gasteiger partial charge is 0.493 e. The van der Waals surface area contributed by atoms with Gasteiger partial charge < -0.3 is 19.7 Å². The third-order valence-corrected chi connectivity index (χ3v) is 5.93. The maximum Gasteiger partial charge on any atom is 0.163 e. The molecule has 150 valence electrons. The summed E-state index contributed by atoms with van der Waals surface area (Å²) in [6.07, 6.45) is 6.23. The third kappa shape index (κ3) is 4.61. The SMILES string of the molecule is COc1ccc(N2CCN[C@@H](Cc3cccc(C)c3)C2)cc1OC1CCCC1. The number of nitrogens with one attached hydrogen (secondary N) is 1. The summed E-state index contributed by atoms with van der Waals surface area (Å²) >= 11 is 0. The molecular formula is C24H32N2O2. The molecule has 1 atom stereocenters. The van der Waals surface area contributed by atoms with Crippen LogP contribution in [-0.2, 0) is 6.42 Å². The molecule has 4 heteroatoms. The first-order chi connectivity index (χ1) is 13.7. The molecule has 0 radical (unpaired) electrons. The Kier molecular flexibility index (Phi) is 6.06. The Morgan fingerprint density at radius 2 is 1.93 bits per heavy atom. The molecule has 1 saturated heterocycles. The highest BCUT2D eigenvalue weighted by molar-refractivity contribution is 5.57. The zero-order valence-electron chi connectivity index (χ0n) is 17.1. The smallest absolute Gasteiger partial charge is 0.163 e. The van der Waals surface area contributed by atoms with E-state index in [2.05, 4.69) is 59.6 Å². The lowest BCUT2D eigenvalue weighted by Crippen LogP contribution is -2.51. The summed E-state index contributed by atoms with van der Waals surface area (Å²) in [4.78, 5) is 2.47. The van der Waals surface area contributed by atoms with Crippen molar-refractivity contribution < 1.29 is 9.47 Å². The molecule has 0 bridgehead atoms. The summed E-state index contributed by atoms with van der Waals surface area (Å²) in [5, 5.41) is 3.69. The topological polar surface area (TPSA) is 33.7 Å². The van der Waals surface area contributed by atoms with Crippen LogP contribution in [0.15, 0.2) is 42.5 Å². The Bertz CT molecular complexity index is 786. The third-order valence-electron chi connectivity index (χ3n) is 5.93. The van der Waals surface area contributed by atoms with Gasteiger partial charge >= 0.3 is 0 Å². The summed E-state index contributed by atoms with van der Waals surface area (Å²) in [6, 6.07) is 15.7. The van der Waals surface area contributed by atoms with E-state index in [4.69, 9.17) is 9.47 Å². The second kappa shape index (κ2) is 8.87. The van der Waals surface area contributed by atoms with Crippen molar-refractivity contribution in [3.8, 4) is 11.5 Å². The Balaban J connectivity index is 1.46. The van der Waals surface area contributed by atoms with Crippen LogP contribution in [0.25, 0.3) is 0 Å². The molecule has 4 nitrogen and oxygen atoms in total. The number of hydrogen-bond donors (Lipinski definition) is 1. The number of nitrogens with zero attached hydrogens (tertiary/aromatic N) is 1. The fourth-order valence-electron chi connectivity index (χ4n) is 4.46. The average molecular weight is 381 g/mol. The highest BCUT2D eigenvalue weighted by Gasteiger charge is 2.23. The number of rotatable bonds is 6. The van der Waals surface area contributed by atoms with Gasteiger partial charge in [0.05, 0.1) is 13.2 Å². The van der Waals surface area contributed by atoms with Gasteiger partial charge in [0.1, 0.15) is 0 Å². The van der Waals surface area contributed by atoms with Gasteiger partial charge in [-0.25, -0.2) is 0 Å². The summed E-state index contributed by atoms with van der Waals surface area (Å²) in [6.45, 7) is 5.18. The van der Waals surface area contributed by atoms with Crippen LogP contribution < -0.4 is 19.7 Å². The monoisotopic (exact) mass is 380 g/mol. The summed E-state index contributed by atoms with van der Waals surface area (Å²) in [7, 11) is 1.72. The van der Waals surface area contributed by atoms with E-state index in [-0.39, 0.29) is 0 Å². The molecule has 1 saturated carbocycles. The van der Waals surface area contributed by atoms with E-state index in [1.54, 1.807) is 7.11 Å². The van der Waals surface area contributed by atoms with Crippen LogP contribution in [0.1, 0.15) is 36.8 Å². The molecule has 1 heterocycles. The Morgan fingerprint density at radius 1 is 1.07 bits per heavy atom. The van der Waals surface area contributed by atoms with Gasteiger partial charge in [-0.15, -0.1) is 0 Å². The predicted molar refractivity (Wildman–Crippen MR) is 115 cm³/mol. The number of anilines is 1. The van der Waals surface area contributed by atoms with Gasteiger partial charge in [0.25, 0.3) is 0 Å². The molecule has 1 aliphatic carbocycles. The molecule has 0 amide bonds. The van der Waals surface area contributed by atoms with Crippen molar-refractivity contribution in [3.63, 3.8) is 0 Å². The van der Waals surface area contributed by atoms with E-state index >= 15 is 0 Å². The molecule has 0 unspecified atom stereocenters. The summed E-state index contributed by atoms with van der Waals surface area (Å²) in [5.74, 6) is 1.72. The normalized spacial score (nSPS) is 20.4. The van der Waals surface area contributed by atoms with Crippen molar-refractivity contribution in [1.82, 2.24) is 5.32 Å². The number of methoxy groups -OCH3 is 1. The Hall–Kier alpha value is -2.20. The minimum Gasteiger partial charge on any atom is -0.493 e. The van der Waals surface area contributed by atoms with E-state index in [9.17, 15) is 0 Å².